The van der Waals surface area contributed by atoms with E-state index in [1.807, 2.05) is 0 Å². The van der Waals surface area contributed by atoms with E-state index < -0.39 is 23.1 Å². The van der Waals surface area contributed by atoms with Gasteiger partial charge in [0.1, 0.15) is 29.7 Å². The number of nitrogens with two attached hydrogens (primary N) is 1. The number of nitrogens with zero attached hydrogens (tertiary/aromatic N) is 3. The minimum absolute atomic E-state index is 0.0181. The van der Waals surface area contributed by atoms with E-state index in [1.165, 1.54) is 34.1 Å². The number of rotatable bonds is 2. The fourth-order valence-electron chi connectivity index (χ4n) is 4.73. The van der Waals surface area contributed by atoms with Crippen molar-refractivity contribution in [1.29, 1.82) is 5.26 Å². The van der Waals surface area contributed by atoms with Crippen molar-refractivity contribution in [1.82, 2.24) is 0 Å². The molecule has 3 aliphatic rings. The molecule has 0 saturated heterocycles. The Bertz CT molecular complexity index is 1350. The van der Waals surface area contributed by atoms with Crippen LogP contribution in [0, 0.1) is 29.5 Å². The first-order valence-corrected chi connectivity index (χ1v) is 9.68. The third kappa shape index (κ3) is 2.24. The molecular weight excluding hydrogens is 411 g/mol. The molecule has 8 heteroatoms. The highest BCUT2D eigenvalue weighted by Crippen LogP contribution is 2.56. The van der Waals surface area contributed by atoms with Crippen molar-refractivity contribution in [3.63, 3.8) is 0 Å². The average molecular weight is 426 g/mol. The number of hydrogen-bond acceptors (Lipinski definition) is 6. The average Bonchev–Trinajstić information content (AvgIpc) is 3.28. The molecule has 156 valence electrons. The lowest BCUT2D eigenvalue weighted by Gasteiger charge is -2.38. The molecule has 0 saturated carbocycles. The predicted molar refractivity (Wildman–Crippen MR) is 113 cm³/mol. The topological polar surface area (TPSA) is 99.7 Å². The molecule has 0 radical (unpaired) electrons. The maximum Gasteiger partial charge on any atom is 0.338 e. The summed E-state index contributed by atoms with van der Waals surface area (Å²) in [5, 5.41) is 10.2. The van der Waals surface area contributed by atoms with Crippen LogP contribution in [0.2, 0.25) is 0 Å². The van der Waals surface area contributed by atoms with Gasteiger partial charge in [0.15, 0.2) is 0 Å². The smallest absolute Gasteiger partial charge is 0.338 e. The number of amides is 1. The Hall–Kier alpha value is -4.56. The Morgan fingerprint density at radius 1 is 1.19 bits per heavy atom. The molecule has 1 spiro atoms. The van der Waals surface area contributed by atoms with Gasteiger partial charge in [-0.1, -0.05) is 24.1 Å². The van der Waals surface area contributed by atoms with Crippen molar-refractivity contribution in [2.75, 3.05) is 23.0 Å². The molecule has 2 aromatic rings. The number of carbonyl (C=O) groups excluding carboxylic acids is 2. The molecule has 32 heavy (non-hydrogen) atoms. The lowest BCUT2D eigenvalue weighted by molar-refractivity contribution is -0.137. The lowest BCUT2D eigenvalue weighted by atomic mass is 9.67. The number of esters is 1. The van der Waals surface area contributed by atoms with Crippen LogP contribution in [0.4, 0.5) is 15.8 Å². The van der Waals surface area contributed by atoms with Crippen LogP contribution in [-0.2, 0) is 19.7 Å². The summed E-state index contributed by atoms with van der Waals surface area (Å²) in [6.45, 7) is -0.202. The first kappa shape index (κ1) is 19.4. The third-order valence-electron chi connectivity index (χ3n) is 5.96. The zero-order valence-electron chi connectivity index (χ0n) is 16.6. The molecule has 0 unspecified atom stereocenters. The second-order valence-corrected chi connectivity index (χ2v) is 7.44. The zero-order chi connectivity index (χ0) is 22.6. The lowest BCUT2D eigenvalue weighted by Crippen LogP contribution is -2.50. The highest BCUT2D eigenvalue weighted by Gasteiger charge is 2.63. The first-order valence-electron chi connectivity index (χ1n) is 9.68. The fraction of sp³-hybridized carbons (Fsp3) is 0.125. The van der Waals surface area contributed by atoms with Gasteiger partial charge >= 0.3 is 5.97 Å². The van der Waals surface area contributed by atoms with Gasteiger partial charge in [0, 0.05) is 16.9 Å². The largest absolute Gasteiger partial charge is 0.456 e. The highest BCUT2D eigenvalue weighted by molar-refractivity contribution is 6.20. The van der Waals surface area contributed by atoms with Gasteiger partial charge in [-0.2, -0.15) is 5.26 Å². The maximum absolute atomic E-state index is 13.9. The molecule has 3 heterocycles. The van der Waals surface area contributed by atoms with Gasteiger partial charge in [0.2, 0.25) is 5.91 Å². The summed E-state index contributed by atoms with van der Waals surface area (Å²) in [5.74, 6) is 0.695. The molecule has 2 N–H and O–H groups in total. The van der Waals surface area contributed by atoms with Crippen LogP contribution in [0.1, 0.15) is 5.56 Å². The fourth-order valence-corrected chi connectivity index (χ4v) is 4.73. The Morgan fingerprint density at radius 3 is 2.59 bits per heavy atom. The first-order chi connectivity index (χ1) is 15.5. The van der Waals surface area contributed by atoms with Crippen molar-refractivity contribution in [3.8, 4) is 18.4 Å². The van der Waals surface area contributed by atoms with Crippen molar-refractivity contribution in [2.24, 2.45) is 5.73 Å². The van der Waals surface area contributed by atoms with Crippen LogP contribution in [0.15, 0.2) is 71.2 Å². The molecule has 1 atom stereocenters. The van der Waals surface area contributed by atoms with Crippen molar-refractivity contribution in [3.05, 3.63) is 82.6 Å². The molecule has 3 aliphatic heterocycles. The number of nitriles is 1. The molecular formula is C24H15FN4O3. The summed E-state index contributed by atoms with van der Waals surface area (Å²) in [6.07, 6.45) is 5.50. The summed E-state index contributed by atoms with van der Waals surface area (Å²) in [4.78, 5) is 29.8. The van der Waals surface area contributed by atoms with E-state index in [1.54, 1.807) is 24.3 Å². The van der Waals surface area contributed by atoms with Gasteiger partial charge in [-0.15, -0.1) is 6.42 Å². The van der Waals surface area contributed by atoms with E-state index in [4.69, 9.17) is 16.9 Å². The minimum Gasteiger partial charge on any atom is -0.456 e. The van der Waals surface area contributed by atoms with Gasteiger partial charge in [-0.3, -0.25) is 14.6 Å². The monoisotopic (exact) mass is 426 g/mol. The molecule has 7 nitrogen and oxygen atoms in total. The SMILES string of the molecule is C#CCN1C(=O)[C@@]2(C(C#N)=C(N)N(c3ccc(F)cc3)C3=C2C(=O)OC3)c2ccccc21. The molecule has 1 amide bonds. The van der Waals surface area contributed by atoms with Crippen molar-refractivity contribution >= 4 is 23.3 Å². The number of benzene rings is 2. The van der Waals surface area contributed by atoms with E-state index in [2.05, 4.69) is 12.0 Å². The number of cyclic esters (lactones) is 1. The van der Waals surface area contributed by atoms with Crippen LogP contribution < -0.4 is 15.5 Å². The van der Waals surface area contributed by atoms with E-state index >= 15 is 0 Å². The summed E-state index contributed by atoms with van der Waals surface area (Å²) in [5.41, 5.74) is 6.29. The molecule has 0 aromatic heterocycles. The maximum atomic E-state index is 13.9. The Balaban J connectivity index is 1.86. The number of anilines is 2. The standard InChI is InChI=1S/C24H15FN4O3/c1-2-11-28-18-6-4-3-5-16(18)24(23(28)31)17(12-26)21(27)29(15-9-7-14(25)8-10-15)19-13-32-22(30)20(19)24/h1,3-10H,11,13,27H2/t24-/m1/s1. The number of fused-ring (bicyclic) bond motifs is 3. The van der Waals surface area contributed by atoms with Gasteiger partial charge in [-0.05, 0) is 30.3 Å². The van der Waals surface area contributed by atoms with Gasteiger partial charge in [0.25, 0.3) is 0 Å². The molecule has 0 fully saturated rings. The summed E-state index contributed by atoms with van der Waals surface area (Å²) < 4.78 is 18.9. The van der Waals surface area contributed by atoms with Crippen LogP contribution >= 0.6 is 0 Å². The van der Waals surface area contributed by atoms with E-state index in [9.17, 15) is 19.2 Å². The van der Waals surface area contributed by atoms with Gasteiger partial charge in [-0.25, -0.2) is 9.18 Å². The second-order valence-electron chi connectivity index (χ2n) is 7.44. The second kappa shape index (κ2) is 6.73. The number of para-hydroxylation sites is 1. The van der Waals surface area contributed by atoms with Gasteiger partial charge < -0.3 is 10.5 Å². The Kier molecular flexibility index (Phi) is 4.08. The third-order valence-corrected chi connectivity index (χ3v) is 5.96. The predicted octanol–water partition coefficient (Wildman–Crippen LogP) is 2.07. The molecule has 0 bridgehead atoms. The minimum atomic E-state index is -1.77. The quantitative estimate of drug-likeness (QED) is 0.583. The van der Waals surface area contributed by atoms with Crippen molar-refractivity contribution in [2.45, 2.75) is 5.41 Å². The van der Waals surface area contributed by atoms with Crippen LogP contribution in [-0.4, -0.2) is 25.0 Å². The van der Waals surface area contributed by atoms with Crippen LogP contribution in [0.25, 0.3) is 0 Å². The zero-order valence-corrected chi connectivity index (χ0v) is 16.6. The number of hydrogen-bond donors (Lipinski definition) is 1. The summed E-state index contributed by atoms with van der Waals surface area (Å²) in [6, 6.07) is 14.3. The normalized spacial score (nSPS) is 21.5. The molecule has 5 rings (SSSR count). The Labute approximate surface area is 182 Å². The van der Waals surface area contributed by atoms with Crippen LogP contribution in [0.5, 0.6) is 0 Å². The van der Waals surface area contributed by atoms with Crippen LogP contribution in [0.3, 0.4) is 0 Å². The van der Waals surface area contributed by atoms with E-state index in [0.717, 1.165) is 0 Å². The molecule has 0 aliphatic carbocycles. The molecule has 2 aromatic carbocycles. The number of terminal acetylenes is 1. The van der Waals surface area contributed by atoms with E-state index in [-0.39, 0.29) is 30.1 Å². The van der Waals surface area contributed by atoms with Crippen molar-refractivity contribution < 1.29 is 18.7 Å². The van der Waals surface area contributed by atoms with Gasteiger partial charge in [0.05, 0.1) is 23.4 Å². The Morgan fingerprint density at radius 2 is 1.91 bits per heavy atom. The number of carbonyl (C=O) groups is 2. The number of ether oxygens (including phenoxy) is 1. The summed E-state index contributed by atoms with van der Waals surface area (Å²) in [7, 11) is 0. The summed E-state index contributed by atoms with van der Waals surface area (Å²) >= 11 is 0. The highest BCUT2D eigenvalue weighted by atomic mass is 19.1. The number of halogens is 1. The van der Waals surface area contributed by atoms with E-state index in [0.29, 0.717) is 22.6 Å².